The van der Waals surface area contributed by atoms with Gasteiger partial charge < -0.3 is 4.74 Å². The van der Waals surface area contributed by atoms with Gasteiger partial charge in [-0.1, -0.05) is 61.8 Å². The largest absolute Gasteiger partial charge is 0.462 e. The normalized spacial score (nSPS) is 12.8. The SMILES string of the molecule is CC/C=C(/C)CC.CCC=CCC/C(C)=C\CC/C(C)=C\COC(C)=O. The van der Waals surface area contributed by atoms with E-state index in [-0.39, 0.29) is 5.97 Å². The van der Waals surface area contributed by atoms with Crippen LogP contribution in [0.2, 0.25) is 0 Å². The molecule has 0 aliphatic heterocycles. The Morgan fingerprint density at radius 2 is 1.35 bits per heavy atom. The second-order valence-corrected chi connectivity index (χ2v) is 6.67. The van der Waals surface area contributed by atoms with Gasteiger partial charge in [0, 0.05) is 6.92 Å². The first-order valence-corrected chi connectivity index (χ1v) is 10.1. The molecule has 0 bridgehead atoms. The number of carbonyl (C=O) groups is 1. The lowest BCUT2D eigenvalue weighted by Gasteiger charge is -2.01. The number of ether oxygens (including phenoxy) is 1. The standard InChI is InChI=1S/C17H28O2.C7H14/c1-5-6-7-8-10-15(2)11-9-12-16(3)13-14-19-17(4)18;1-4-6-7(3)5-2/h6-7,11,13H,5,8-10,12,14H2,1-4H3;6H,4-5H2,1-3H3/b7-6?,15-11-,16-13-;7-6-. The first-order valence-electron chi connectivity index (χ1n) is 10.1. The van der Waals surface area contributed by atoms with Crippen molar-refractivity contribution in [2.24, 2.45) is 0 Å². The van der Waals surface area contributed by atoms with Gasteiger partial charge in [0.1, 0.15) is 6.61 Å². The molecule has 0 heterocycles. The van der Waals surface area contributed by atoms with Gasteiger partial charge in [-0.05, 0) is 71.8 Å². The first-order chi connectivity index (χ1) is 12.4. The Kier molecular flexibility index (Phi) is 20.2. The molecule has 0 aromatic heterocycles. The predicted octanol–water partition coefficient (Wildman–Crippen LogP) is 7.72. The molecule has 26 heavy (non-hydrogen) atoms. The van der Waals surface area contributed by atoms with Crippen LogP contribution in [0.15, 0.2) is 47.1 Å². The van der Waals surface area contributed by atoms with E-state index in [0.717, 1.165) is 32.1 Å². The van der Waals surface area contributed by atoms with Gasteiger partial charge >= 0.3 is 5.97 Å². The molecule has 0 rings (SSSR count). The molecule has 2 heteroatoms. The van der Waals surface area contributed by atoms with Gasteiger partial charge in [0.05, 0.1) is 0 Å². The second-order valence-electron chi connectivity index (χ2n) is 6.67. The lowest BCUT2D eigenvalue weighted by atomic mass is 10.1. The zero-order valence-corrected chi connectivity index (χ0v) is 18.4. The Hall–Kier alpha value is -1.57. The van der Waals surface area contributed by atoms with E-state index in [1.165, 1.54) is 36.5 Å². The highest BCUT2D eigenvalue weighted by Gasteiger charge is 1.93. The third-order valence-electron chi connectivity index (χ3n) is 3.97. The molecular weight excluding hydrogens is 320 g/mol. The van der Waals surface area contributed by atoms with Crippen molar-refractivity contribution in [3.8, 4) is 0 Å². The average molecular weight is 363 g/mol. The van der Waals surface area contributed by atoms with Crippen LogP contribution in [0, 0.1) is 0 Å². The molecule has 0 amide bonds. The van der Waals surface area contributed by atoms with Crippen molar-refractivity contribution >= 4 is 5.97 Å². The van der Waals surface area contributed by atoms with E-state index in [9.17, 15) is 4.79 Å². The minimum absolute atomic E-state index is 0.222. The number of esters is 1. The fourth-order valence-electron chi connectivity index (χ4n) is 2.14. The van der Waals surface area contributed by atoms with E-state index in [4.69, 9.17) is 4.74 Å². The summed E-state index contributed by atoms with van der Waals surface area (Å²) in [6.45, 7) is 14.8. The minimum atomic E-state index is -0.222. The molecule has 0 radical (unpaired) electrons. The molecule has 0 fully saturated rings. The highest BCUT2D eigenvalue weighted by Crippen LogP contribution is 2.10. The van der Waals surface area contributed by atoms with Gasteiger partial charge in [-0.3, -0.25) is 4.79 Å². The summed E-state index contributed by atoms with van der Waals surface area (Å²) in [5, 5.41) is 0. The number of allylic oxidation sites excluding steroid dienone is 7. The third-order valence-corrected chi connectivity index (χ3v) is 3.97. The van der Waals surface area contributed by atoms with Gasteiger partial charge in [0.15, 0.2) is 0 Å². The predicted molar refractivity (Wildman–Crippen MR) is 116 cm³/mol. The lowest BCUT2D eigenvalue weighted by Crippen LogP contribution is -1.98. The highest BCUT2D eigenvalue weighted by atomic mass is 16.5. The molecule has 0 saturated carbocycles. The third kappa shape index (κ3) is 22.4. The van der Waals surface area contributed by atoms with E-state index in [1.54, 1.807) is 0 Å². The summed E-state index contributed by atoms with van der Waals surface area (Å²) < 4.78 is 4.88. The van der Waals surface area contributed by atoms with Crippen LogP contribution < -0.4 is 0 Å². The van der Waals surface area contributed by atoms with E-state index < -0.39 is 0 Å². The summed E-state index contributed by atoms with van der Waals surface area (Å²) in [5.74, 6) is -0.222. The highest BCUT2D eigenvalue weighted by molar-refractivity contribution is 5.66. The maximum Gasteiger partial charge on any atom is 0.302 e. The molecule has 0 saturated heterocycles. The maximum atomic E-state index is 10.6. The van der Waals surface area contributed by atoms with Crippen molar-refractivity contribution in [3.63, 3.8) is 0 Å². The van der Waals surface area contributed by atoms with Gasteiger partial charge in [-0.2, -0.15) is 0 Å². The molecule has 0 N–H and O–H groups in total. The summed E-state index contributed by atoms with van der Waals surface area (Å²) in [6.07, 6.45) is 18.9. The summed E-state index contributed by atoms with van der Waals surface area (Å²) in [6, 6.07) is 0. The first kappa shape index (κ1) is 26.7. The second kappa shape index (κ2) is 19.8. The Morgan fingerprint density at radius 1 is 0.731 bits per heavy atom. The summed E-state index contributed by atoms with van der Waals surface area (Å²) >= 11 is 0. The zero-order valence-electron chi connectivity index (χ0n) is 18.4. The molecule has 0 aliphatic rings. The molecule has 150 valence electrons. The lowest BCUT2D eigenvalue weighted by molar-refractivity contribution is -0.139. The molecule has 0 aliphatic carbocycles. The number of hydrogen-bond acceptors (Lipinski definition) is 2. The van der Waals surface area contributed by atoms with E-state index in [1.807, 2.05) is 6.08 Å². The van der Waals surface area contributed by atoms with Crippen LogP contribution in [0.3, 0.4) is 0 Å². The van der Waals surface area contributed by atoms with Crippen LogP contribution in [0.4, 0.5) is 0 Å². The maximum absolute atomic E-state index is 10.6. The molecule has 0 spiro atoms. The smallest absolute Gasteiger partial charge is 0.302 e. The number of rotatable bonds is 11. The van der Waals surface area contributed by atoms with E-state index >= 15 is 0 Å². The minimum Gasteiger partial charge on any atom is -0.462 e. The van der Waals surface area contributed by atoms with Gasteiger partial charge in [-0.25, -0.2) is 0 Å². The van der Waals surface area contributed by atoms with E-state index in [2.05, 4.69) is 65.8 Å². The van der Waals surface area contributed by atoms with Gasteiger partial charge in [0.2, 0.25) is 0 Å². The molecule has 0 aromatic rings. The quantitative estimate of drug-likeness (QED) is 0.278. The molecule has 0 unspecified atom stereocenters. The van der Waals surface area contributed by atoms with Gasteiger partial charge in [-0.15, -0.1) is 0 Å². The van der Waals surface area contributed by atoms with Crippen molar-refractivity contribution < 1.29 is 9.53 Å². The molecular formula is C24H42O2. The Morgan fingerprint density at radius 3 is 1.85 bits per heavy atom. The van der Waals surface area contributed by atoms with Crippen molar-refractivity contribution in [3.05, 3.63) is 47.1 Å². The Bertz CT molecular complexity index is 465. The number of hydrogen-bond donors (Lipinski definition) is 0. The summed E-state index contributed by atoms with van der Waals surface area (Å²) in [7, 11) is 0. The van der Waals surface area contributed by atoms with Crippen LogP contribution in [-0.4, -0.2) is 12.6 Å². The van der Waals surface area contributed by atoms with Crippen molar-refractivity contribution in [1.29, 1.82) is 0 Å². The summed E-state index contributed by atoms with van der Waals surface area (Å²) in [5.41, 5.74) is 4.23. The van der Waals surface area contributed by atoms with Crippen molar-refractivity contribution in [1.82, 2.24) is 0 Å². The molecule has 0 atom stereocenters. The van der Waals surface area contributed by atoms with Crippen LogP contribution in [0.5, 0.6) is 0 Å². The Balaban J connectivity index is 0. The fourth-order valence-corrected chi connectivity index (χ4v) is 2.14. The molecule has 0 aromatic carbocycles. The van der Waals surface area contributed by atoms with Crippen LogP contribution in [0.1, 0.15) is 93.4 Å². The van der Waals surface area contributed by atoms with Gasteiger partial charge in [0.25, 0.3) is 0 Å². The topological polar surface area (TPSA) is 26.3 Å². The zero-order chi connectivity index (χ0) is 20.2. The molecule has 2 nitrogen and oxygen atoms in total. The van der Waals surface area contributed by atoms with Crippen LogP contribution >= 0.6 is 0 Å². The summed E-state index contributed by atoms with van der Waals surface area (Å²) in [4.78, 5) is 10.6. The monoisotopic (exact) mass is 362 g/mol. The van der Waals surface area contributed by atoms with Crippen LogP contribution in [0.25, 0.3) is 0 Å². The van der Waals surface area contributed by atoms with Crippen molar-refractivity contribution in [2.75, 3.05) is 6.61 Å². The number of carbonyl (C=O) groups excluding carboxylic acids is 1. The van der Waals surface area contributed by atoms with Crippen LogP contribution in [-0.2, 0) is 9.53 Å². The fraction of sp³-hybridized carbons (Fsp3) is 0.625. The van der Waals surface area contributed by atoms with E-state index in [0.29, 0.717) is 6.61 Å². The average Bonchev–Trinajstić information content (AvgIpc) is 2.59. The Labute approximate surface area is 163 Å². The van der Waals surface area contributed by atoms with Crippen molar-refractivity contribution in [2.45, 2.75) is 93.4 Å².